The SMILES string of the molecule is CCOC1CC(Nc2ncnc(OC(C)C)c2N)C1. The fourth-order valence-corrected chi connectivity index (χ4v) is 2.06. The first-order valence-electron chi connectivity index (χ1n) is 6.75. The van der Waals surface area contributed by atoms with Gasteiger partial charge in [0, 0.05) is 12.6 Å². The predicted molar refractivity (Wildman–Crippen MR) is 74.3 cm³/mol. The molecule has 0 aliphatic heterocycles. The zero-order chi connectivity index (χ0) is 13.8. The van der Waals surface area contributed by atoms with E-state index in [1.165, 1.54) is 6.33 Å². The van der Waals surface area contributed by atoms with Gasteiger partial charge in [0.2, 0.25) is 5.88 Å². The molecule has 1 aliphatic rings. The standard InChI is InChI=1S/C13H22N4O2/c1-4-18-10-5-9(6-10)17-12-11(14)13(16-7-15-12)19-8(2)3/h7-10H,4-6,14H2,1-3H3,(H,15,16,17). The first-order chi connectivity index (χ1) is 9.10. The Labute approximate surface area is 113 Å². The summed E-state index contributed by atoms with van der Waals surface area (Å²) in [6.07, 6.45) is 3.83. The molecule has 1 saturated carbocycles. The monoisotopic (exact) mass is 266 g/mol. The summed E-state index contributed by atoms with van der Waals surface area (Å²) in [6, 6.07) is 0.362. The van der Waals surface area contributed by atoms with Crippen LogP contribution in [0, 0.1) is 0 Å². The summed E-state index contributed by atoms with van der Waals surface area (Å²) in [7, 11) is 0. The van der Waals surface area contributed by atoms with Crippen molar-refractivity contribution in [3.8, 4) is 5.88 Å². The molecular weight excluding hydrogens is 244 g/mol. The molecule has 106 valence electrons. The van der Waals surface area contributed by atoms with E-state index in [2.05, 4.69) is 15.3 Å². The molecule has 1 fully saturated rings. The average Bonchev–Trinajstić information content (AvgIpc) is 2.30. The summed E-state index contributed by atoms with van der Waals surface area (Å²) in [5.74, 6) is 1.08. The van der Waals surface area contributed by atoms with Gasteiger partial charge in [-0.2, -0.15) is 4.98 Å². The molecule has 2 rings (SSSR count). The van der Waals surface area contributed by atoms with Gasteiger partial charge >= 0.3 is 0 Å². The van der Waals surface area contributed by atoms with Gasteiger partial charge in [-0.3, -0.25) is 0 Å². The molecule has 1 aromatic rings. The highest BCUT2D eigenvalue weighted by Gasteiger charge is 2.30. The molecule has 0 amide bonds. The third kappa shape index (κ3) is 3.47. The zero-order valence-electron chi connectivity index (χ0n) is 11.7. The van der Waals surface area contributed by atoms with E-state index in [1.807, 2.05) is 20.8 Å². The van der Waals surface area contributed by atoms with Gasteiger partial charge in [-0.15, -0.1) is 0 Å². The lowest BCUT2D eigenvalue weighted by molar-refractivity contribution is 0.00293. The topological polar surface area (TPSA) is 82.3 Å². The van der Waals surface area contributed by atoms with Crippen molar-refractivity contribution in [2.75, 3.05) is 17.7 Å². The molecule has 6 nitrogen and oxygen atoms in total. The maximum absolute atomic E-state index is 6.01. The number of nitrogen functional groups attached to an aromatic ring is 1. The van der Waals surface area contributed by atoms with Crippen LogP contribution in [0.3, 0.4) is 0 Å². The van der Waals surface area contributed by atoms with Crippen molar-refractivity contribution in [1.29, 1.82) is 0 Å². The van der Waals surface area contributed by atoms with E-state index in [4.69, 9.17) is 15.2 Å². The number of anilines is 2. The summed E-state index contributed by atoms with van der Waals surface area (Å²) in [6.45, 7) is 6.65. The van der Waals surface area contributed by atoms with E-state index in [1.54, 1.807) is 0 Å². The molecule has 1 aliphatic carbocycles. The highest BCUT2D eigenvalue weighted by atomic mass is 16.5. The van der Waals surface area contributed by atoms with Crippen LogP contribution in [0.15, 0.2) is 6.33 Å². The highest BCUT2D eigenvalue weighted by molar-refractivity contribution is 5.66. The van der Waals surface area contributed by atoms with E-state index < -0.39 is 0 Å². The molecule has 1 heterocycles. The lowest BCUT2D eigenvalue weighted by Crippen LogP contribution is -2.41. The Hall–Kier alpha value is -1.56. The van der Waals surface area contributed by atoms with Crippen LogP contribution in [0.1, 0.15) is 33.6 Å². The van der Waals surface area contributed by atoms with Gasteiger partial charge in [-0.1, -0.05) is 0 Å². The molecule has 3 N–H and O–H groups in total. The van der Waals surface area contributed by atoms with Crippen LogP contribution in [-0.4, -0.2) is 34.8 Å². The van der Waals surface area contributed by atoms with Gasteiger partial charge in [0.05, 0.1) is 12.2 Å². The number of ether oxygens (including phenoxy) is 2. The Balaban J connectivity index is 1.94. The first-order valence-corrected chi connectivity index (χ1v) is 6.75. The number of nitrogens with two attached hydrogens (primary N) is 1. The second kappa shape index (κ2) is 6.06. The van der Waals surface area contributed by atoms with Crippen LogP contribution in [0.2, 0.25) is 0 Å². The molecule has 1 aromatic heterocycles. The summed E-state index contributed by atoms with van der Waals surface area (Å²) in [4.78, 5) is 8.22. The third-order valence-electron chi connectivity index (χ3n) is 3.03. The Morgan fingerprint density at radius 1 is 1.42 bits per heavy atom. The molecule has 0 spiro atoms. The maximum Gasteiger partial charge on any atom is 0.242 e. The number of hydrogen-bond donors (Lipinski definition) is 2. The summed E-state index contributed by atoms with van der Waals surface area (Å²) >= 11 is 0. The van der Waals surface area contributed by atoms with Gasteiger partial charge in [0.25, 0.3) is 0 Å². The zero-order valence-corrected chi connectivity index (χ0v) is 11.7. The number of nitrogens with one attached hydrogen (secondary N) is 1. The van der Waals surface area contributed by atoms with Gasteiger partial charge < -0.3 is 20.5 Å². The van der Waals surface area contributed by atoms with E-state index in [-0.39, 0.29) is 6.10 Å². The average molecular weight is 266 g/mol. The maximum atomic E-state index is 6.01. The van der Waals surface area contributed by atoms with Crippen molar-refractivity contribution in [2.24, 2.45) is 0 Å². The third-order valence-corrected chi connectivity index (χ3v) is 3.03. The summed E-state index contributed by atoms with van der Waals surface area (Å²) < 4.78 is 11.1. The van der Waals surface area contributed by atoms with E-state index in [0.29, 0.717) is 29.5 Å². The van der Waals surface area contributed by atoms with Gasteiger partial charge in [-0.05, 0) is 33.6 Å². The van der Waals surface area contributed by atoms with Gasteiger partial charge in [0.15, 0.2) is 5.82 Å². The molecule has 0 saturated heterocycles. The van der Waals surface area contributed by atoms with Gasteiger partial charge in [-0.25, -0.2) is 4.98 Å². The smallest absolute Gasteiger partial charge is 0.242 e. The molecule has 0 bridgehead atoms. The quantitative estimate of drug-likeness (QED) is 0.817. The second-order valence-corrected chi connectivity index (χ2v) is 5.00. The van der Waals surface area contributed by atoms with Crippen LogP contribution in [0.5, 0.6) is 5.88 Å². The lowest BCUT2D eigenvalue weighted by Gasteiger charge is -2.35. The number of rotatable bonds is 6. The Kier molecular flexibility index (Phi) is 4.42. The van der Waals surface area contributed by atoms with Crippen molar-refractivity contribution in [3.63, 3.8) is 0 Å². The summed E-state index contributed by atoms with van der Waals surface area (Å²) in [5, 5.41) is 3.31. The van der Waals surface area contributed by atoms with Crippen molar-refractivity contribution >= 4 is 11.5 Å². The van der Waals surface area contributed by atoms with Crippen molar-refractivity contribution in [1.82, 2.24) is 9.97 Å². The predicted octanol–water partition coefficient (Wildman–Crippen LogP) is 1.83. The Morgan fingerprint density at radius 3 is 2.79 bits per heavy atom. The van der Waals surface area contributed by atoms with Crippen molar-refractivity contribution < 1.29 is 9.47 Å². The molecule has 0 atom stereocenters. The Morgan fingerprint density at radius 2 is 2.16 bits per heavy atom. The van der Waals surface area contributed by atoms with E-state index >= 15 is 0 Å². The van der Waals surface area contributed by atoms with E-state index in [9.17, 15) is 0 Å². The van der Waals surface area contributed by atoms with E-state index in [0.717, 1.165) is 19.4 Å². The number of nitrogens with zero attached hydrogens (tertiary/aromatic N) is 2. The highest BCUT2D eigenvalue weighted by Crippen LogP contribution is 2.31. The van der Waals surface area contributed by atoms with Gasteiger partial charge in [0.1, 0.15) is 12.0 Å². The fourth-order valence-electron chi connectivity index (χ4n) is 2.06. The van der Waals surface area contributed by atoms with Crippen LogP contribution in [0.4, 0.5) is 11.5 Å². The Bertz CT molecular complexity index is 419. The first kappa shape index (κ1) is 13.9. The molecule has 0 radical (unpaired) electrons. The molecule has 19 heavy (non-hydrogen) atoms. The number of hydrogen-bond acceptors (Lipinski definition) is 6. The van der Waals surface area contributed by atoms with Crippen molar-refractivity contribution in [3.05, 3.63) is 6.33 Å². The normalized spacial score (nSPS) is 22.1. The largest absolute Gasteiger partial charge is 0.473 e. The van der Waals surface area contributed by atoms with Crippen LogP contribution in [0.25, 0.3) is 0 Å². The molecule has 0 aromatic carbocycles. The second-order valence-electron chi connectivity index (χ2n) is 5.00. The van der Waals surface area contributed by atoms with Crippen LogP contribution >= 0.6 is 0 Å². The minimum absolute atomic E-state index is 0.0380. The fraction of sp³-hybridized carbons (Fsp3) is 0.692. The van der Waals surface area contributed by atoms with Crippen LogP contribution in [-0.2, 0) is 4.74 Å². The van der Waals surface area contributed by atoms with Crippen molar-refractivity contribution in [2.45, 2.75) is 51.9 Å². The lowest BCUT2D eigenvalue weighted by atomic mass is 9.89. The molecular formula is C13H22N4O2. The van der Waals surface area contributed by atoms with Crippen LogP contribution < -0.4 is 15.8 Å². The molecule has 6 heteroatoms. The minimum Gasteiger partial charge on any atom is -0.473 e. The summed E-state index contributed by atoms with van der Waals surface area (Å²) in [5.41, 5.74) is 6.48. The molecule has 0 unspecified atom stereocenters. The minimum atomic E-state index is 0.0380. The number of aromatic nitrogens is 2.